The summed E-state index contributed by atoms with van der Waals surface area (Å²) in [5, 5.41) is 10.8. The predicted molar refractivity (Wildman–Crippen MR) is 245 cm³/mol. The van der Waals surface area contributed by atoms with Crippen LogP contribution in [0.5, 0.6) is 5.75 Å². The summed E-state index contributed by atoms with van der Waals surface area (Å²) in [5.74, 6) is 0.286. The zero-order valence-electron chi connectivity index (χ0n) is 36.5. The van der Waals surface area contributed by atoms with E-state index in [1.54, 1.807) is 9.58 Å². The summed E-state index contributed by atoms with van der Waals surface area (Å²) < 4.78 is 20.8. The highest BCUT2D eigenvalue weighted by Gasteiger charge is 2.39. The molecule has 4 aliphatic heterocycles. The van der Waals surface area contributed by atoms with E-state index in [1.165, 1.54) is 25.6 Å². The Hall–Kier alpha value is -7.47. The summed E-state index contributed by atoms with van der Waals surface area (Å²) >= 11 is 0. The molecular weight excluding hydrogens is 844 g/mol. The molecule has 6 aromatic rings. The van der Waals surface area contributed by atoms with Crippen LogP contribution in [0.3, 0.4) is 0 Å². The van der Waals surface area contributed by atoms with E-state index < -0.39 is 23.7 Å². The van der Waals surface area contributed by atoms with Crippen molar-refractivity contribution in [1.29, 1.82) is 0 Å². The van der Waals surface area contributed by atoms with Gasteiger partial charge in [0.05, 0.1) is 29.9 Å². The molecule has 4 N–H and O–H groups in total. The lowest BCUT2D eigenvalue weighted by molar-refractivity contribution is -0.136. The Bertz CT molecular complexity index is 2840. The van der Waals surface area contributed by atoms with Crippen LogP contribution in [0, 0.1) is 11.7 Å². The van der Waals surface area contributed by atoms with Crippen molar-refractivity contribution in [3.63, 3.8) is 0 Å². The number of ether oxygens (including phenoxy) is 1. The molecule has 0 aliphatic carbocycles. The van der Waals surface area contributed by atoms with Gasteiger partial charge in [-0.1, -0.05) is 24.3 Å². The molecule has 4 amide bonds. The number of nitrogen functional groups attached to an aromatic ring is 1. The topological polar surface area (TPSA) is 197 Å². The Morgan fingerprint density at radius 1 is 0.879 bits per heavy atom. The number of nitrogens with zero attached hydrogens (tertiary/aromatic N) is 9. The number of anilines is 3. The van der Waals surface area contributed by atoms with Gasteiger partial charge in [-0.25, -0.2) is 24.0 Å². The molecule has 4 aliphatic rings. The molecule has 3 fully saturated rings. The molecule has 338 valence electrons. The maximum Gasteiger partial charge on any atom is 0.255 e. The number of rotatable bonds is 11. The van der Waals surface area contributed by atoms with E-state index in [1.807, 2.05) is 54.7 Å². The predicted octanol–water partition coefficient (Wildman–Crippen LogP) is 4.34. The molecule has 1 unspecified atom stereocenters. The van der Waals surface area contributed by atoms with Crippen molar-refractivity contribution in [1.82, 2.24) is 45.2 Å². The van der Waals surface area contributed by atoms with Gasteiger partial charge in [-0.2, -0.15) is 5.10 Å². The first kappa shape index (κ1) is 42.5. The van der Waals surface area contributed by atoms with Crippen molar-refractivity contribution in [2.24, 2.45) is 5.92 Å². The smallest absolute Gasteiger partial charge is 0.255 e. The maximum absolute atomic E-state index is 13.9. The molecule has 18 heteroatoms. The standard InChI is InChI=1S/C48H49FN12O5/c1-66-39-11-6-33(49)23-37(39)46(63)52-24-29-2-4-31(5-3-29)43-42-44(50)53-28-54-45(42)61(56-43)35-8-12-40(51-25-35)59-16-14-30(15-17-59)26-57-18-20-58(21-19-57)34-7-9-36-32(22-34)27-60(48(36)65)38-10-13-41(62)55-47(38)64/h2-9,11-12,22-23,25,28,30,38H,10,13-21,24,26-27H2,1H3,(H,52,63)(H2,50,53,54)(H,55,62,64). The third kappa shape index (κ3) is 8.34. The van der Waals surface area contributed by atoms with Gasteiger partial charge in [0.1, 0.15) is 41.3 Å². The van der Waals surface area contributed by atoms with Crippen molar-refractivity contribution < 1.29 is 28.3 Å². The number of halogens is 1. The van der Waals surface area contributed by atoms with Gasteiger partial charge in [0.15, 0.2) is 5.65 Å². The van der Waals surface area contributed by atoms with Gasteiger partial charge >= 0.3 is 0 Å². The zero-order chi connectivity index (χ0) is 45.5. The summed E-state index contributed by atoms with van der Waals surface area (Å²) in [6.07, 6.45) is 5.97. The minimum Gasteiger partial charge on any atom is -0.496 e. The van der Waals surface area contributed by atoms with Crippen molar-refractivity contribution in [2.45, 2.75) is 44.8 Å². The summed E-state index contributed by atoms with van der Waals surface area (Å²) in [5.41, 5.74) is 12.7. The molecule has 17 nitrogen and oxygen atoms in total. The average molecular weight is 893 g/mol. The van der Waals surface area contributed by atoms with E-state index in [2.05, 4.69) is 41.4 Å². The summed E-state index contributed by atoms with van der Waals surface area (Å²) in [4.78, 5) is 72.7. The molecule has 66 heavy (non-hydrogen) atoms. The Labute approximate surface area is 379 Å². The lowest BCUT2D eigenvalue weighted by Crippen LogP contribution is -2.52. The van der Waals surface area contributed by atoms with Gasteiger partial charge in [-0.05, 0) is 84.8 Å². The van der Waals surface area contributed by atoms with Crippen molar-refractivity contribution in [3.8, 4) is 22.7 Å². The van der Waals surface area contributed by atoms with Crippen LogP contribution in [0.2, 0.25) is 0 Å². The molecule has 0 saturated carbocycles. The number of imide groups is 1. The van der Waals surface area contributed by atoms with Crippen molar-refractivity contribution in [3.05, 3.63) is 113 Å². The minimum atomic E-state index is -0.614. The van der Waals surface area contributed by atoms with Gasteiger partial charge in [0.25, 0.3) is 11.8 Å². The third-order valence-electron chi connectivity index (χ3n) is 13.3. The number of nitrogens with one attached hydrogen (secondary N) is 2. The number of carbonyl (C=O) groups is 4. The Morgan fingerprint density at radius 3 is 2.41 bits per heavy atom. The number of piperidine rings is 2. The average Bonchev–Trinajstić information content (AvgIpc) is 3.89. The highest BCUT2D eigenvalue weighted by molar-refractivity contribution is 6.05. The number of pyridine rings is 1. The fourth-order valence-corrected chi connectivity index (χ4v) is 9.62. The number of hydrogen-bond donors (Lipinski definition) is 3. The highest BCUT2D eigenvalue weighted by atomic mass is 19.1. The van der Waals surface area contributed by atoms with E-state index in [4.69, 9.17) is 20.6 Å². The van der Waals surface area contributed by atoms with Crippen LogP contribution in [-0.2, 0) is 22.7 Å². The summed E-state index contributed by atoms with van der Waals surface area (Å²) in [7, 11) is 1.43. The van der Waals surface area contributed by atoms with E-state index in [9.17, 15) is 23.6 Å². The Balaban J connectivity index is 0.726. The van der Waals surface area contributed by atoms with Crippen molar-refractivity contribution >= 4 is 52.0 Å². The van der Waals surface area contributed by atoms with Gasteiger partial charge in [-0.15, -0.1) is 0 Å². The fraction of sp³-hybridized carbons (Fsp3) is 0.333. The van der Waals surface area contributed by atoms with Crippen LogP contribution in [0.1, 0.15) is 57.5 Å². The Kier molecular flexibility index (Phi) is 11.5. The van der Waals surface area contributed by atoms with E-state index >= 15 is 0 Å². The SMILES string of the molecule is COc1ccc(F)cc1C(=O)NCc1ccc(-c2nn(-c3ccc(N4CCC(CN5CCN(c6ccc7c(c6)CN(C6CCC(=O)NC6=O)C7=O)CC5)CC4)nc3)c3ncnc(N)c23)cc1. The quantitative estimate of drug-likeness (QED) is 0.156. The van der Waals surface area contributed by atoms with Crippen molar-refractivity contribution in [2.75, 3.05) is 68.5 Å². The second-order valence-electron chi connectivity index (χ2n) is 17.3. The van der Waals surface area contributed by atoms with Crippen LogP contribution in [0.4, 0.5) is 21.7 Å². The molecule has 3 saturated heterocycles. The lowest BCUT2D eigenvalue weighted by atomic mass is 9.96. The number of amides is 4. The number of piperazine rings is 1. The van der Waals surface area contributed by atoms with E-state index in [-0.39, 0.29) is 36.1 Å². The van der Waals surface area contributed by atoms with Gasteiger partial charge in [0.2, 0.25) is 11.8 Å². The zero-order valence-corrected chi connectivity index (χ0v) is 36.5. The first-order valence-corrected chi connectivity index (χ1v) is 22.3. The number of carbonyl (C=O) groups excluding carboxylic acids is 4. The second kappa shape index (κ2) is 17.8. The van der Waals surface area contributed by atoms with Crippen LogP contribution in [-0.4, -0.2) is 117 Å². The molecule has 3 aromatic carbocycles. The van der Waals surface area contributed by atoms with Crippen LogP contribution in [0.25, 0.3) is 28.0 Å². The Morgan fingerprint density at radius 2 is 1.67 bits per heavy atom. The number of hydrogen-bond acceptors (Lipinski definition) is 13. The molecular formula is C48H49FN12O5. The largest absolute Gasteiger partial charge is 0.496 e. The lowest BCUT2D eigenvalue weighted by Gasteiger charge is -2.40. The second-order valence-corrected chi connectivity index (χ2v) is 17.3. The molecule has 3 aromatic heterocycles. The molecule has 7 heterocycles. The first-order valence-electron chi connectivity index (χ1n) is 22.3. The molecule has 0 radical (unpaired) electrons. The maximum atomic E-state index is 13.9. The first-order chi connectivity index (χ1) is 32.1. The monoisotopic (exact) mass is 892 g/mol. The molecule has 0 bridgehead atoms. The van der Waals surface area contributed by atoms with Gasteiger partial charge in [-0.3, -0.25) is 29.4 Å². The minimum absolute atomic E-state index is 0.118. The molecule has 1 atom stereocenters. The number of aromatic nitrogens is 5. The van der Waals surface area contributed by atoms with Gasteiger partial charge < -0.3 is 30.5 Å². The highest BCUT2D eigenvalue weighted by Crippen LogP contribution is 2.34. The van der Waals surface area contributed by atoms with Gasteiger partial charge in [0, 0.05) is 82.1 Å². The molecule has 0 spiro atoms. The number of nitrogens with two attached hydrogens (primary N) is 1. The normalized spacial score (nSPS) is 18.2. The van der Waals surface area contributed by atoms with Crippen LogP contribution in [0.15, 0.2) is 85.3 Å². The van der Waals surface area contributed by atoms with E-state index in [0.717, 1.165) is 98.6 Å². The molecule has 10 rings (SSSR count). The summed E-state index contributed by atoms with van der Waals surface area (Å²) in [6, 6.07) is 20.8. The van der Waals surface area contributed by atoms with Crippen LogP contribution < -0.4 is 30.9 Å². The van der Waals surface area contributed by atoms with Crippen LogP contribution >= 0.6 is 0 Å². The summed E-state index contributed by atoms with van der Waals surface area (Å²) in [6.45, 7) is 7.19. The number of methoxy groups -OCH3 is 1. The number of fused-ring (bicyclic) bond motifs is 2. The number of benzene rings is 3. The third-order valence-corrected chi connectivity index (χ3v) is 13.3. The van der Waals surface area contributed by atoms with E-state index in [0.29, 0.717) is 47.0 Å². The fourth-order valence-electron chi connectivity index (χ4n) is 9.62.